The van der Waals surface area contributed by atoms with Gasteiger partial charge in [0.1, 0.15) is 11.5 Å². The second-order valence-electron chi connectivity index (χ2n) is 13.1. The van der Waals surface area contributed by atoms with E-state index in [9.17, 15) is 0 Å². The quantitative estimate of drug-likeness (QED) is 0.155. The zero-order valence-electron chi connectivity index (χ0n) is 30.9. The molecule has 0 atom stereocenters. The summed E-state index contributed by atoms with van der Waals surface area (Å²) in [5.41, 5.74) is 2.11. The van der Waals surface area contributed by atoms with Crippen LogP contribution in [0.15, 0.2) is 66.6 Å². The predicted octanol–water partition coefficient (Wildman–Crippen LogP) is 13.1. The van der Waals surface area contributed by atoms with Gasteiger partial charge in [-0.3, -0.25) is 0 Å². The zero-order valence-corrected chi connectivity index (χ0v) is 34.5. The molecule has 0 aromatic heterocycles. The Kier molecular flexibility index (Phi) is 14.8. The van der Waals surface area contributed by atoms with Crippen LogP contribution in [0, 0.1) is 13.8 Å². The highest BCUT2D eigenvalue weighted by atomic mass is 31.3. The molecular weight excluding hydrogens is 692 g/mol. The van der Waals surface area contributed by atoms with E-state index in [1.807, 2.05) is 145 Å². The second-order valence-corrected chi connectivity index (χ2v) is 21.5. The van der Waals surface area contributed by atoms with Crippen molar-refractivity contribution in [3.8, 4) is 11.5 Å². The largest absolute Gasteiger partial charge is 0.457 e. The molecule has 3 rings (SSSR count). The highest BCUT2D eigenvalue weighted by molar-refractivity contribution is 7.78. The molecule has 272 valence electrons. The first-order valence-corrected chi connectivity index (χ1v) is 22.6. The Hall–Kier alpha value is -1.28. The first-order valence-electron chi connectivity index (χ1n) is 16.5. The number of nitrogens with zero attached hydrogens (tertiary/aromatic N) is 4. The van der Waals surface area contributed by atoms with Gasteiger partial charge in [-0.15, -0.1) is 18.1 Å². The Labute approximate surface area is 289 Å². The molecule has 0 saturated carbocycles. The van der Waals surface area contributed by atoms with Gasteiger partial charge in [0.05, 0.1) is 36.6 Å². The van der Waals surface area contributed by atoms with Gasteiger partial charge in [-0.05, 0) is 121 Å². The maximum absolute atomic E-state index is 6.84. The third-order valence-corrected chi connectivity index (χ3v) is 17.8. The minimum atomic E-state index is -3.96. The molecule has 2 aromatic rings. The lowest BCUT2D eigenvalue weighted by molar-refractivity contribution is 0.155. The van der Waals surface area contributed by atoms with Crippen molar-refractivity contribution in [2.24, 2.45) is 18.1 Å². The van der Waals surface area contributed by atoms with Crippen molar-refractivity contribution < 1.29 is 36.2 Å². The molecule has 12 nitrogen and oxygen atoms in total. The molecule has 1 aliphatic rings. The van der Waals surface area contributed by atoms with E-state index in [0.29, 0.717) is 11.5 Å². The summed E-state index contributed by atoms with van der Waals surface area (Å²) in [7, 11) is -15.2. The Morgan fingerprint density at radius 3 is 0.792 bits per heavy atom. The molecule has 0 amide bonds. The van der Waals surface area contributed by atoms with Crippen molar-refractivity contribution in [3.63, 3.8) is 0 Å². The molecule has 0 unspecified atom stereocenters. The van der Waals surface area contributed by atoms with E-state index in [1.165, 1.54) is 0 Å². The molecule has 0 saturated heterocycles. The molecule has 0 radical (unpaired) electrons. The molecule has 48 heavy (non-hydrogen) atoms. The van der Waals surface area contributed by atoms with E-state index in [-0.39, 0.29) is 36.6 Å². The molecule has 16 heteroatoms. The summed E-state index contributed by atoms with van der Waals surface area (Å²) < 4.78 is 74.6. The molecule has 0 bridgehead atoms. The van der Waals surface area contributed by atoms with Crippen molar-refractivity contribution >= 4 is 30.6 Å². The SMILES string of the molecule is Cc1ccc(OP2(Oc3ccc(C)cc3)=NP(OC(C)C)(OC(C)C)=NP(OC(C)C)(OC(C)C)=NP(OC(C)C)(OC(C)C)=N2)cc1. The van der Waals surface area contributed by atoms with Crippen LogP contribution in [0.2, 0.25) is 0 Å². The van der Waals surface area contributed by atoms with Crippen molar-refractivity contribution in [2.45, 2.75) is 134 Å². The Morgan fingerprint density at radius 2 is 0.562 bits per heavy atom. The molecule has 0 fully saturated rings. The summed E-state index contributed by atoms with van der Waals surface area (Å²) in [5.74, 6) is 0.929. The summed E-state index contributed by atoms with van der Waals surface area (Å²) in [6.45, 7) is 26.7. The molecule has 2 aromatic carbocycles. The van der Waals surface area contributed by atoms with Crippen LogP contribution in [0.25, 0.3) is 0 Å². The third kappa shape index (κ3) is 12.5. The summed E-state index contributed by atoms with van der Waals surface area (Å²) in [6, 6.07) is 15.1. The van der Waals surface area contributed by atoms with E-state index in [1.54, 1.807) is 0 Å². The maximum Gasteiger partial charge on any atom is 0.457 e. The number of aryl methyl sites for hydroxylation is 2. The van der Waals surface area contributed by atoms with Crippen LogP contribution in [-0.4, -0.2) is 36.6 Å². The van der Waals surface area contributed by atoms with E-state index < -0.39 is 30.6 Å². The van der Waals surface area contributed by atoms with Gasteiger partial charge in [-0.25, -0.2) is 0 Å². The Bertz CT molecular complexity index is 1460. The summed E-state index contributed by atoms with van der Waals surface area (Å²) >= 11 is 0. The van der Waals surface area contributed by atoms with Gasteiger partial charge in [0.15, 0.2) is 0 Å². The normalized spacial score (nSPS) is 18.2. The lowest BCUT2D eigenvalue weighted by Gasteiger charge is -2.35. The molecule has 0 aliphatic carbocycles. The second kappa shape index (κ2) is 17.3. The van der Waals surface area contributed by atoms with Gasteiger partial charge in [-0.2, -0.15) is 0 Å². The number of hydrogen-bond donors (Lipinski definition) is 0. The van der Waals surface area contributed by atoms with Gasteiger partial charge >= 0.3 is 30.6 Å². The first-order chi connectivity index (χ1) is 22.3. The van der Waals surface area contributed by atoms with Crippen LogP contribution in [0.3, 0.4) is 0 Å². The van der Waals surface area contributed by atoms with E-state index in [4.69, 9.17) is 54.3 Å². The van der Waals surface area contributed by atoms with Crippen molar-refractivity contribution in [3.05, 3.63) is 59.7 Å². The van der Waals surface area contributed by atoms with Gasteiger partial charge in [0.2, 0.25) is 0 Å². The van der Waals surface area contributed by atoms with Gasteiger partial charge < -0.3 is 36.2 Å². The van der Waals surface area contributed by atoms with Crippen LogP contribution in [0.1, 0.15) is 94.2 Å². The van der Waals surface area contributed by atoms with Gasteiger partial charge in [-0.1, -0.05) is 35.4 Å². The molecule has 1 aliphatic heterocycles. The van der Waals surface area contributed by atoms with Crippen LogP contribution in [0.5, 0.6) is 11.5 Å². The standard InChI is InChI=1S/C32H56N4O8P4/c1-23(2)37-45(38-24(3)4)33-46(39-25(5)6,40-26(7)8)35-48(43-31-19-15-29(13)16-20-31,44-32-21-17-30(14)18-22-32)36-47(34-45,41-27(9)10)42-28(11)12/h15-28H,1-14H3. The summed E-state index contributed by atoms with van der Waals surface area (Å²) in [6.07, 6.45) is -2.27. The van der Waals surface area contributed by atoms with Crippen LogP contribution in [0.4, 0.5) is 0 Å². The topological polar surface area (TPSA) is 123 Å². The minimum absolute atomic E-state index is 0.365. The molecule has 1 heterocycles. The maximum atomic E-state index is 6.84. The zero-order chi connectivity index (χ0) is 35.9. The fourth-order valence-corrected chi connectivity index (χ4v) is 17.5. The molecule has 0 spiro atoms. The predicted molar refractivity (Wildman–Crippen MR) is 198 cm³/mol. The Morgan fingerprint density at radius 1 is 0.354 bits per heavy atom. The smallest absolute Gasteiger partial charge is 0.413 e. The van der Waals surface area contributed by atoms with E-state index >= 15 is 0 Å². The first kappa shape index (κ1) is 41.1. The number of benzene rings is 2. The number of rotatable bonds is 16. The van der Waals surface area contributed by atoms with Gasteiger partial charge in [0.25, 0.3) is 0 Å². The fourth-order valence-electron chi connectivity index (χ4n) is 4.18. The molecule has 0 N–H and O–H groups in total. The van der Waals surface area contributed by atoms with Crippen LogP contribution in [-0.2, 0) is 27.1 Å². The number of hydrogen-bond acceptors (Lipinski definition) is 12. The van der Waals surface area contributed by atoms with E-state index in [2.05, 4.69) is 0 Å². The Balaban J connectivity index is 2.70. The van der Waals surface area contributed by atoms with Crippen molar-refractivity contribution in [1.82, 2.24) is 0 Å². The van der Waals surface area contributed by atoms with Crippen molar-refractivity contribution in [1.29, 1.82) is 0 Å². The molecular formula is C32H56N4O8P4. The monoisotopic (exact) mass is 748 g/mol. The lowest BCUT2D eigenvalue weighted by Crippen LogP contribution is -2.14. The van der Waals surface area contributed by atoms with Crippen molar-refractivity contribution in [2.75, 3.05) is 0 Å². The van der Waals surface area contributed by atoms with Gasteiger partial charge in [0, 0.05) is 0 Å². The average molecular weight is 749 g/mol. The van der Waals surface area contributed by atoms with Crippen LogP contribution < -0.4 is 9.05 Å². The fraction of sp³-hybridized carbons (Fsp3) is 0.625. The highest BCUT2D eigenvalue weighted by Gasteiger charge is 2.47. The third-order valence-electron chi connectivity index (χ3n) is 5.48. The highest BCUT2D eigenvalue weighted by Crippen LogP contribution is 2.81. The lowest BCUT2D eigenvalue weighted by atomic mass is 10.2. The summed E-state index contributed by atoms with van der Waals surface area (Å²) in [5, 5.41) is 0. The average Bonchev–Trinajstić information content (AvgIpc) is 2.87. The minimum Gasteiger partial charge on any atom is -0.413 e. The summed E-state index contributed by atoms with van der Waals surface area (Å²) in [4.78, 5) is 0. The van der Waals surface area contributed by atoms with Crippen LogP contribution >= 0.6 is 30.6 Å². The van der Waals surface area contributed by atoms with E-state index in [0.717, 1.165) is 11.1 Å².